The number of hydrogen-bond acceptors (Lipinski definition) is 4. The summed E-state index contributed by atoms with van der Waals surface area (Å²) >= 11 is 0. The molecule has 0 saturated heterocycles. The number of nitrogens with zero attached hydrogens (tertiary/aromatic N) is 3. The van der Waals surface area contributed by atoms with Gasteiger partial charge in [0, 0.05) is 12.1 Å². The van der Waals surface area contributed by atoms with Crippen LogP contribution in [0.5, 0.6) is 5.75 Å². The van der Waals surface area contributed by atoms with Crippen LogP contribution in [0.25, 0.3) is 11.4 Å². The lowest BCUT2D eigenvalue weighted by Crippen LogP contribution is -2.16. The van der Waals surface area contributed by atoms with Crippen molar-refractivity contribution in [3.63, 3.8) is 0 Å². The van der Waals surface area contributed by atoms with Gasteiger partial charge >= 0.3 is 0 Å². The molecule has 88 valence electrons. The number of fused-ring (bicyclic) bond motifs is 1. The van der Waals surface area contributed by atoms with Gasteiger partial charge in [0.15, 0.2) is 11.6 Å². The van der Waals surface area contributed by atoms with E-state index in [0.29, 0.717) is 11.6 Å². The Hall–Kier alpha value is -1.88. The van der Waals surface area contributed by atoms with Crippen molar-refractivity contribution >= 4 is 0 Å². The first-order valence-corrected chi connectivity index (χ1v) is 5.66. The predicted molar refractivity (Wildman–Crippen MR) is 61.3 cm³/mol. The maximum Gasteiger partial charge on any atom is 0.181 e. The monoisotopic (exact) mass is 231 g/mol. The molecular weight excluding hydrogens is 218 g/mol. The Morgan fingerprint density at radius 3 is 2.71 bits per heavy atom. The van der Waals surface area contributed by atoms with E-state index in [4.69, 9.17) is 0 Å². The minimum atomic E-state index is -0.512. The zero-order valence-electron chi connectivity index (χ0n) is 9.24. The van der Waals surface area contributed by atoms with E-state index in [1.54, 1.807) is 28.9 Å². The van der Waals surface area contributed by atoms with Gasteiger partial charge in [0.2, 0.25) is 0 Å². The SMILES string of the molecule is Oc1ccc(-c2nc3n(n2)CCCC3O)cc1. The number of hydrogen-bond donors (Lipinski definition) is 2. The zero-order valence-corrected chi connectivity index (χ0v) is 9.24. The van der Waals surface area contributed by atoms with E-state index in [1.807, 2.05) is 0 Å². The van der Waals surface area contributed by atoms with Crippen molar-refractivity contribution in [2.75, 3.05) is 0 Å². The Morgan fingerprint density at radius 1 is 1.24 bits per heavy atom. The highest BCUT2D eigenvalue weighted by Gasteiger charge is 2.22. The fourth-order valence-electron chi connectivity index (χ4n) is 2.06. The van der Waals surface area contributed by atoms with Crippen LogP contribution < -0.4 is 0 Å². The summed E-state index contributed by atoms with van der Waals surface area (Å²) in [5, 5.41) is 23.4. The lowest BCUT2D eigenvalue weighted by molar-refractivity contribution is 0.130. The van der Waals surface area contributed by atoms with Crippen LogP contribution in [0.2, 0.25) is 0 Å². The van der Waals surface area contributed by atoms with Crippen LogP contribution in [-0.2, 0) is 6.54 Å². The number of aryl methyl sites for hydroxylation is 1. The van der Waals surface area contributed by atoms with E-state index in [-0.39, 0.29) is 5.75 Å². The second-order valence-corrected chi connectivity index (χ2v) is 4.22. The lowest BCUT2D eigenvalue weighted by Gasteiger charge is -2.16. The minimum Gasteiger partial charge on any atom is -0.508 e. The lowest BCUT2D eigenvalue weighted by atomic mass is 10.1. The van der Waals surface area contributed by atoms with E-state index in [0.717, 1.165) is 24.9 Å². The van der Waals surface area contributed by atoms with Crippen molar-refractivity contribution in [1.82, 2.24) is 14.8 Å². The van der Waals surface area contributed by atoms with Crippen molar-refractivity contribution in [1.29, 1.82) is 0 Å². The van der Waals surface area contributed by atoms with E-state index in [2.05, 4.69) is 10.1 Å². The van der Waals surface area contributed by atoms with E-state index < -0.39 is 6.10 Å². The van der Waals surface area contributed by atoms with Crippen molar-refractivity contribution in [3.05, 3.63) is 30.1 Å². The molecule has 0 amide bonds. The van der Waals surface area contributed by atoms with Gasteiger partial charge in [0.1, 0.15) is 11.9 Å². The van der Waals surface area contributed by atoms with Crippen molar-refractivity contribution in [2.45, 2.75) is 25.5 Å². The van der Waals surface area contributed by atoms with Crippen LogP contribution in [-0.4, -0.2) is 25.0 Å². The molecule has 17 heavy (non-hydrogen) atoms. The number of aliphatic hydroxyl groups excluding tert-OH is 1. The predicted octanol–water partition coefficient (Wildman–Crippen LogP) is 1.48. The van der Waals surface area contributed by atoms with Gasteiger partial charge in [0.25, 0.3) is 0 Å². The van der Waals surface area contributed by atoms with Gasteiger partial charge in [-0.15, -0.1) is 0 Å². The maximum atomic E-state index is 9.80. The molecular formula is C12H13N3O2. The fourth-order valence-corrected chi connectivity index (χ4v) is 2.06. The quantitative estimate of drug-likeness (QED) is 0.779. The molecule has 0 aliphatic carbocycles. The first kappa shape index (κ1) is 10.3. The van der Waals surface area contributed by atoms with Crippen molar-refractivity contribution < 1.29 is 10.2 Å². The average Bonchev–Trinajstić information content (AvgIpc) is 2.75. The maximum absolute atomic E-state index is 9.80. The molecule has 1 atom stereocenters. The van der Waals surface area contributed by atoms with Crippen molar-refractivity contribution in [3.8, 4) is 17.1 Å². The Kier molecular flexibility index (Phi) is 2.33. The highest BCUT2D eigenvalue weighted by atomic mass is 16.3. The van der Waals surface area contributed by atoms with E-state index in [1.165, 1.54) is 0 Å². The van der Waals surface area contributed by atoms with Crippen LogP contribution >= 0.6 is 0 Å². The third-order valence-electron chi connectivity index (χ3n) is 2.97. The van der Waals surface area contributed by atoms with Gasteiger partial charge in [-0.05, 0) is 37.1 Å². The topological polar surface area (TPSA) is 71.2 Å². The fraction of sp³-hybridized carbons (Fsp3) is 0.333. The number of aromatic hydroxyl groups is 1. The normalized spacial score (nSPS) is 19.0. The molecule has 1 aromatic heterocycles. The largest absolute Gasteiger partial charge is 0.508 e. The van der Waals surface area contributed by atoms with Crippen LogP contribution in [0.1, 0.15) is 24.8 Å². The highest BCUT2D eigenvalue weighted by Crippen LogP contribution is 2.26. The molecule has 1 aliphatic rings. The summed E-state index contributed by atoms with van der Waals surface area (Å²) < 4.78 is 1.76. The molecule has 2 aromatic rings. The Bertz CT molecular complexity index is 533. The van der Waals surface area contributed by atoms with Gasteiger partial charge in [-0.2, -0.15) is 5.10 Å². The molecule has 0 bridgehead atoms. The number of rotatable bonds is 1. The molecule has 0 spiro atoms. The summed E-state index contributed by atoms with van der Waals surface area (Å²) in [6, 6.07) is 6.74. The molecule has 1 unspecified atom stereocenters. The third-order valence-corrected chi connectivity index (χ3v) is 2.97. The van der Waals surface area contributed by atoms with Gasteiger partial charge in [0.05, 0.1) is 0 Å². The van der Waals surface area contributed by atoms with Gasteiger partial charge < -0.3 is 10.2 Å². The highest BCUT2D eigenvalue weighted by molar-refractivity contribution is 5.55. The first-order chi connectivity index (χ1) is 8.24. The third kappa shape index (κ3) is 1.78. The molecule has 0 fully saturated rings. The smallest absolute Gasteiger partial charge is 0.181 e. The molecule has 0 radical (unpaired) electrons. The van der Waals surface area contributed by atoms with Gasteiger partial charge in [-0.25, -0.2) is 9.67 Å². The summed E-state index contributed by atoms with van der Waals surface area (Å²) in [6.45, 7) is 0.803. The second kappa shape index (κ2) is 3.85. The standard InChI is InChI=1S/C12H13N3O2/c16-9-5-3-8(4-6-9)11-13-12-10(17)2-1-7-15(12)14-11/h3-6,10,16-17H,1-2,7H2. The first-order valence-electron chi connectivity index (χ1n) is 5.66. The molecule has 2 heterocycles. The van der Waals surface area contributed by atoms with Gasteiger partial charge in [-0.1, -0.05) is 0 Å². The van der Waals surface area contributed by atoms with Crippen LogP contribution in [0, 0.1) is 0 Å². The van der Waals surface area contributed by atoms with Gasteiger partial charge in [-0.3, -0.25) is 0 Å². The molecule has 5 nitrogen and oxygen atoms in total. The summed E-state index contributed by atoms with van der Waals surface area (Å²) in [6.07, 6.45) is 1.15. The summed E-state index contributed by atoms with van der Waals surface area (Å²) in [5.41, 5.74) is 0.844. The Labute approximate surface area is 98.4 Å². The van der Waals surface area contributed by atoms with Crippen molar-refractivity contribution in [2.24, 2.45) is 0 Å². The molecule has 0 saturated carbocycles. The number of phenols is 1. The van der Waals surface area contributed by atoms with Crippen LogP contribution in [0.15, 0.2) is 24.3 Å². The van der Waals surface area contributed by atoms with Crippen LogP contribution in [0.3, 0.4) is 0 Å². The molecule has 5 heteroatoms. The summed E-state index contributed by atoms with van der Waals surface area (Å²) in [5.74, 6) is 1.46. The minimum absolute atomic E-state index is 0.220. The molecule has 2 N–H and O–H groups in total. The number of aliphatic hydroxyl groups is 1. The van der Waals surface area contributed by atoms with Crippen LogP contribution in [0.4, 0.5) is 0 Å². The second-order valence-electron chi connectivity index (χ2n) is 4.22. The molecule has 3 rings (SSSR count). The average molecular weight is 231 g/mol. The number of benzene rings is 1. The number of phenolic OH excluding ortho intramolecular Hbond substituents is 1. The summed E-state index contributed by atoms with van der Waals surface area (Å²) in [4.78, 5) is 4.35. The zero-order chi connectivity index (χ0) is 11.8. The number of aromatic nitrogens is 3. The van der Waals surface area contributed by atoms with E-state index >= 15 is 0 Å². The molecule has 1 aliphatic heterocycles. The summed E-state index contributed by atoms with van der Waals surface area (Å²) in [7, 11) is 0. The Morgan fingerprint density at radius 2 is 2.00 bits per heavy atom. The van der Waals surface area contributed by atoms with E-state index in [9.17, 15) is 10.2 Å². The Balaban J connectivity index is 2.02. The molecule has 1 aromatic carbocycles.